The Morgan fingerprint density at radius 2 is 1.61 bits per heavy atom. The molecule has 2 aromatic carbocycles. The van der Waals surface area contributed by atoms with Crippen molar-refractivity contribution in [3.8, 4) is 6.01 Å². The topological polar surface area (TPSA) is 186 Å². The lowest BCUT2D eigenvalue weighted by Crippen LogP contribution is -2.51. The molecule has 1 fully saturated rings. The van der Waals surface area contributed by atoms with Gasteiger partial charge in [0.15, 0.2) is 6.61 Å². The lowest BCUT2D eigenvalue weighted by molar-refractivity contribution is -0.154. The second kappa shape index (κ2) is 14.3. The van der Waals surface area contributed by atoms with Gasteiger partial charge in [-0.15, -0.1) is 0 Å². The van der Waals surface area contributed by atoms with E-state index >= 15 is 0 Å². The zero-order chi connectivity index (χ0) is 33.5. The highest BCUT2D eigenvalue weighted by atomic mass is 35.5. The highest BCUT2D eigenvalue weighted by Crippen LogP contribution is 2.48. The lowest BCUT2D eigenvalue weighted by Gasteiger charge is -2.19. The molecule has 1 saturated carbocycles. The third-order valence-electron chi connectivity index (χ3n) is 6.57. The van der Waals surface area contributed by atoms with Gasteiger partial charge in [0.25, 0.3) is 5.91 Å². The van der Waals surface area contributed by atoms with Crippen LogP contribution in [0.15, 0.2) is 48.5 Å². The Hall–Kier alpha value is -5.19. The molecule has 1 aliphatic rings. The zero-order valence-electron chi connectivity index (χ0n) is 24.3. The molecule has 3 aromatic rings. The number of alkyl halides is 3. The van der Waals surface area contributed by atoms with Crippen LogP contribution in [0, 0.1) is 0 Å². The van der Waals surface area contributed by atoms with Crippen molar-refractivity contribution < 1.29 is 41.8 Å². The Bertz CT molecular complexity index is 1590. The standard InChI is InChI=1S/C28H28ClF3N8O6/c1-33-21(42)22(43)34-13-19(23(44)45-2)36-20(41)15-3-9-18(10-4-15)35-24-37-25(39-26(38-24)46-14-28(30,31)32)40-27(11-12-27)16-5-7-17(29)8-6-16/h3-10,19H,11-14H2,1-2H3,(H,33,42)(H,34,43)(H,36,41)(H2,35,37,38,39,40). The van der Waals surface area contributed by atoms with Crippen LogP contribution in [0.2, 0.25) is 5.02 Å². The molecule has 244 valence electrons. The molecule has 0 radical (unpaired) electrons. The molecule has 0 aliphatic heterocycles. The smallest absolute Gasteiger partial charge is 0.422 e. The van der Waals surface area contributed by atoms with Gasteiger partial charge in [-0.2, -0.15) is 28.1 Å². The molecule has 0 saturated heterocycles. The summed E-state index contributed by atoms with van der Waals surface area (Å²) in [5, 5.41) is 13.3. The van der Waals surface area contributed by atoms with Crippen molar-refractivity contribution in [2.24, 2.45) is 0 Å². The molecule has 3 amide bonds. The number of aromatic nitrogens is 3. The summed E-state index contributed by atoms with van der Waals surface area (Å²) in [6, 6.07) is 10.9. The Labute approximate surface area is 264 Å². The van der Waals surface area contributed by atoms with E-state index in [-0.39, 0.29) is 17.5 Å². The molecule has 0 bridgehead atoms. The van der Waals surface area contributed by atoms with E-state index in [1.165, 1.54) is 31.3 Å². The number of benzene rings is 2. The fourth-order valence-electron chi connectivity index (χ4n) is 4.07. The van der Waals surface area contributed by atoms with Crippen LogP contribution in [0.4, 0.5) is 30.8 Å². The van der Waals surface area contributed by atoms with Gasteiger partial charge in [-0.05, 0) is 54.8 Å². The number of anilines is 3. The molecule has 0 spiro atoms. The first-order chi connectivity index (χ1) is 21.8. The summed E-state index contributed by atoms with van der Waals surface area (Å²) in [7, 11) is 2.34. The maximum Gasteiger partial charge on any atom is 0.422 e. The monoisotopic (exact) mass is 664 g/mol. The summed E-state index contributed by atoms with van der Waals surface area (Å²) >= 11 is 6.00. The van der Waals surface area contributed by atoms with Crippen LogP contribution in [-0.2, 0) is 24.7 Å². The van der Waals surface area contributed by atoms with E-state index in [4.69, 9.17) is 16.3 Å². The molecule has 4 rings (SSSR count). The first kappa shape index (κ1) is 33.7. The zero-order valence-corrected chi connectivity index (χ0v) is 25.1. The summed E-state index contributed by atoms with van der Waals surface area (Å²) < 4.78 is 48.0. The molecule has 1 aliphatic carbocycles. The van der Waals surface area contributed by atoms with Gasteiger partial charge in [0.2, 0.25) is 11.9 Å². The van der Waals surface area contributed by atoms with E-state index in [0.29, 0.717) is 23.6 Å². The van der Waals surface area contributed by atoms with Crippen molar-refractivity contribution in [1.29, 1.82) is 0 Å². The van der Waals surface area contributed by atoms with Crippen molar-refractivity contribution >= 4 is 52.9 Å². The van der Waals surface area contributed by atoms with Crippen molar-refractivity contribution in [2.75, 3.05) is 37.9 Å². The van der Waals surface area contributed by atoms with Gasteiger partial charge in [-0.25, -0.2) is 4.79 Å². The summed E-state index contributed by atoms with van der Waals surface area (Å²) in [4.78, 5) is 60.3. The highest BCUT2D eigenvalue weighted by Gasteiger charge is 2.45. The molecule has 1 heterocycles. The van der Waals surface area contributed by atoms with Crippen LogP contribution >= 0.6 is 11.6 Å². The number of likely N-dealkylation sites (N-methyl/N-ethyl adjacent to an activating group) is 1. The molecule has 5 N–H and O–H groups in total. The molecule has 18 heteroatoms. The summed E-state index contributed by atoms with van der Waals surface area (Å²) in [5.74, 6) is -3.70. The van der Waals surface area contributed by atoms with E-state index < -0.39 is 60.6 Å². The number of methoxy groups -OCH3 is 1. The molecule has 1 atom stereocenters. The minimum Gasteiger partial charge on any atom is -0.467 e. The van der Waals surface area contributed by atoms with Crippen LogP contribution in [-0.4, -0.2) is 78.2 Å². The first-order valence-corrected chi connectivity index (χ1v) is 13.9. The van der Waals surface area contributed by atoms with Crippen LogP contribution < -0.4 is 31.3 Å². The van der Waals surface area contributed by atoms with Crippen LogP contribution in [0.5, 0.6) is 6.01 Å². The van der Waals surface area contributed by atoms with Gasteiger partial charge in [0, 0.05) is 29.9 Å². The average molecular weight is 665 g/mol. The second-order valence-corrected chi connectivity index (χ2v) is 10.4. The van der Waals surface area contributed by atoms with Crippen molar-refractivity contribution in [2.45, 2.75) is 30.6 Å². The van der Waals surface area contributed by atoms with Gasteiger partial charge >= 0.3 is 30.0 Å². The predicted octanol–water partition coefficient (Wildman–Crippen LogP) is 2.44. The van der Waals surface area contributed by atoms with Gasteiger partial charge < -0.3 is 36.1 Å². The lowest BCUT2D eigenvalue weighted by atomic mass is 10.1. The van der Waals surface area contributed by atoms with Gasteiger partial charge in [-0.3, -0.25) is 14.4 Å². The Morgan fingerprint density at radius 1 is 0.957 bits per heavy atom. The van der Waals surface area contributed by atoms with Crippen molar-refractivity contribution in [1.82, 2.24) is 30.9 Å². The van der Waals surface area contributed by atoms with Gasteiger partial charge in [0.05, 0.1) is 12.6 Å². The number of rotatable bonds is 12. The SMILES string of the molecule is CNC(=O)C(=O)NCC(NC(=O)c1ccc(Nc2nc(NC3(c4ccc(Cl)cc4)CC3)nc(OCC(F)(F)F)n2)cc1)C(=O)OC. The van der Waals surface area contributed by atoms with Gasteiger partial charge in [-0.1, -0.05) is 23.7 Å². The number of carbonyl (C=O) groups is 4. The van der Waals surface area contributed by atoms with E-state index in [0.717, 1.165) is 12.7 Å². The third-order valence-corrected chi connectivity index (χ3v) is 6.82. The van der Waals surface area contributed by atoms with Crippen molar-refractivity contribution in [3.63, 3.8) is 0 Å². The Kier molecular flexibility index (Phi) is 10.5. The number of esters is 1. The van der Waals surface area contributed by atoms with Crippen molar-refractivity contribution in [3.05, 3.63) is 64.7 Å². The molecule has 14 nitrogen and oxygen atoms in total. The van der Waals surface area contributed by atoms with Gasteiger partial charge in [0.1, 0.15) is 6.04 Å². The average Bonchev–Trinajstić information content (AvgIpc) is 3.81. The Morgan fingerprint density at radius 3 is 2.20 bits per heavy atom. The largest absolute Gasteiger partial charge is 0.467 e. The van der Waals surface area contributed by atoms with E-state index in [9.17, 15) is 32.3 Å². The minimum atomic E-state index is -4.63. The summed E-state index contributed by atoms with van der Waals surface area (Å²) in [6.07, 6.45) is -3.21. The van der Waals surface area contributed by atoms with Crippen LogP contribution in [0.1, 0.15) is 28.8 Å². The summed E-state index contributed by atoms with van der Waals surface area (Å²) in [6.45, 7) is -2.04. The van der Waals surface area contributed by atoms with E-state index in [1.54, 1.807) is 12.1 Å². The quantitative estimate of drug-likeness (QED) is 0.141. The first-order valence-electron chi connectivity index (χ1n) is 13.6. The number of hydrogen-bond donors (Lipinski definition) is 5. The molecule has 1 aromatic heterocycles. The number of nitrogens with one attached hydrogen (secondary N) is 5. The number of halogens is 4. The fraction of sp³-hybridized carbons (Fsp3) is 0.321. The number of nitrogens with zero attached hydrogens (tertiary/aromatic N) is 3. The molecular weight excluding hydrogens is 637 g/mol. The number of carbonyl (C=O) groups excluding carboxylic acids is 4. The van der Waals surface area contributed by atoms with E-state index in [2.05, 4.69) is 46.3 Å². The second-order valence-electron chi connectivity index (χ2n) is 9.92. The van der Waals surface area contributed by atoms with Crippen LogP contribution in [0.3, 0.4) is 0 Å². The predicted molar refractivity (Wildman–Crippen MR) is 157 cm³/mol. The third kappa shape index (κ3) is 9.16. The van der Waals surface area contributed by atoms with E-state index in [1.807, 2.05) is 12.1 Å². The Balaban J connectivity index is 1.48. The number of ether oxygens (including phenoxy) is 2. The molecular formula is C28H28ClF3N8O6. The summed E-state index contributed by atoms with van der Waals surface area (Å²) in [5.41, 5.74) is 0.786. The number of amides is 3. The molecule has 46 heavy (non-hydrogen) atoms. The normalized spacial score (nSPS) is 13.9. The minimum absolute atomic E-state index is 0.0320. The maximum atomic E-state index is 12.9. The highest BCUT2D eigenvalue weighted by molar-refractivity contribution is 6.35. The maximum absolute atomic E-state index is 12.9. The van der Waals surface area contributed by atoms with Crippen LogP contribution in [0.25, 0.3) is 0 Å². The molecule has 1 unspecified atom stereocenters. The fourth-order valence-corrected chi connectivity index (χ4v) is 4.20. The number of hydrogen-bond acceptors (Lipinski definition) is 11.